The third-order valence-corrected chi connectivity index (χ3v) is 2.83. The Balaban J connectivity index is 2.36. The number of nitro benzene ring substituents is 1. The largest absolute Gasteiger partial charge is 0.391 e. The Labute approximate surface area is 93.5 Å². The van der Waals surface area contributed by atoms with Crippen LogP contribution >= 0.6 is 0 Å². The lowest BCUT2D eigenvalue weighted by Crippen LogP contribution is -2.22. The second-order valence-electron chi connectivity index (χ2n) is 4.14. The van der Waals surface area contributed by atoms with Crippen molar-refractivity contribution in [2.45, 2.75) is 19.4 Å². The van der Waals surface area contributed by atoms with Crippen LogP contribution in [0.3, 0.4) is 0 Å². The molecule has 86 valence electrons. The molecule has 1 aromatic carbocycles. The van der Waals surface area contributed by atoms with Gasteiger partial charge in [-0.2, -0.15) is 0 Å². The van der Waals surface area contributed by atoms with Crippen molar-refractivity contribution in [1.29, 1.82) is 0 Å². The summed E-state index contributed by atoms with van der Waals surface area (Å²) >= 11 is 0. The van der Waals surface area contributed by atoms with Crippen LogP contribution in [-0.4, -0.2) is 29.2 Å². The molecular weight excluding hydrogens is 208 g/mol. The van der Waals surface area contributed by atoms with E-state index in [2.05, 4.69) is 0 Å². The highest BCUT2D eigenvalue weighted by Gasteiger charge is 2.26. The number of aliphatic hydroxyl groups excluding tert-OH is 1. The van der Waals surface area contributed by atoms with Gasteiger partial charge in [0, 0.05) is 19.2 Å². The molecule has 0 radical (unpaired) electrons. The number of aliphatic hydroxyl groups is 1. The summed E-state index contributed by atoms with van der Waals surface area (Å²) in [4.78, 5) is 12.4. The number of nitrogens with zero attached hydrogens (tertiary/aromatic N) is 2. The normalized spacial score (nSPS) is 20.1. The summed E-state index contributed by atoms with van der Waals surface area (Å²) in [7, 11) is 0. The molecule has 1 aliphatic rings. The number of aryl methyl sites for hydroxylation is 1. The molecule has 1 heterocycles. The first-order valence-corrected chi connectivity index (χ1v) is 5.26. The van der Waals surface area contributed by atoms with Crippen molar-refractivity contribution >= 4 is 11.4 Å². The van der Waals surface area contributed by atoms with E-state index in [4.69, 9.17) is 0 Å². The predicted octanol–water partition coefficient (Wildman–Crippen LogP) is 1.47. The number of rotatable bonds is 2. The first-order chi connectivity index (χ1) is 7.58. The van der Waals surface area contributed by atoms with E-state index in [-0.39, 0.29) is 16.7 Å². The lowest BCUT2D eigenvalue weighted by atomic mass is 10.2. The van der Waals surface area contributed by atoms with Gasteiger partial charge in [-0.05, 0) is 25.0 Å². The van der Waals surface area contributed by atoms with Crippen LogP contribution in [0.2, 0.25) is 0 Å². The molecule has 5 heteroatoms. The Hall–Kier alpha value is -1.62. The van der Waals surface area contributed by atoms with E-state index < -0.39 is 0 Å². The summed E-state index contributed by atoms with van der Waals surface area (Å²) in [5.41, 5.74) is 1.59. The second kappa shape index (κ2) is 4.09. The summed E-state index contributed by atoms with van der Waals surface area (Å²) < 4.78 is 0. The van der Waals surface area contributed by atoms with E-state index >= 15 is 0 Å². The molecule has 0 bridgehead atoms. The van der Waals surface area contributed by atoms with Crippen molar-refractivity contribution in [3.8, 4) is 0 Å². The highest BCUT2D eigenvalue weighted by atomic mass is 16.6. The van der Waals surface area contributed by atoms with Crippen molar-refractivity contribution in [1.82, 2.24) is 0 Å². The third-order valence-electron chi connectivity index (χ3n) is 2.83. The van der Waals surface area contributed by atoms with Gasteiger partial charge in [-0.3, -0.25) is 10.1 Å². The minimum absolute atomic E-state index is 0.120. The monoisotopic (exact) mass is 222 g/mol. The molecule has 16 heavy (non-hydrogen) atoms. The van der Waals surface area contributed by atoms with Gasteiger partial charge in [0.2, 0.25) is 0 Å². The molecule has 1 atom stereocenters. The molecule has 1 aromatic rings. The summed E-state index contributed by atoms with van der Waals surface area (Å²) in [6.07, 6.45) is 0.297. The topological polar surface area (TPSA) is 66.6 Å². The van der Waals surface area contributed by atoms with Gasteiger partial charge in [-0.15, -0.1) is 0 Å². The Morgan fingerprint density at radius 3 is 2.88 bits per heavy atom. The number of nitro groups is 1. The van der Waals surface area contributed by atoms with Gasteiger partial charge in [0.05, 0.1) is 11.0 Å². The minimum Gasteiger partial charge on any atom is -0.391 e. The van der Waals surface area contributed by atoms with Gasteiger partial charge in [0.25, 0.3) is 5.69 Å². The first-order valence-electron chi connectivity index (χ1n) is 5.26. The van der Waals surface area contributed by atoms with E-state index in [0.29, 0.717) is 25.2 Å². The van der Waals surface area contributed by atoms with Crippen LogP contribution in [0, 0.1) is 17.0 Å². The molecule has 1 N–H and O–H groups in total. The first kappa shape index (κ1) is 10.9. The maximum absolute atomic E-state index is 10.9. The van der Waals surface area contributed by atoms with Crippen LogP contribution in [-0.2, 0) is 0 Å². The smallest absolute Gasteiger partial charge is 0.292 e. The number of hydrogen-bond donors (Lipinski definition) is 1. The molecule has 0 aliphatic carbocycles. The summed E-state index contributed by atoms with van der Waals surface area (Å²) in [5.74, 6) is 0. The maximum Gasteiger partial charge on any atom is 0.292 e. The average Bonchev–Trinajstić information content (AvgIpc) is 2.64. The van der Waals surface area contributed by atoms with Gasteiger partial charge in [0.1, 0.15) is 5.69 Å². The van der Waals surface area contributed by atoms with Crippen LogP contribution in [0.5, 0.6) is 0 Å². The summed E-state index contributed by atoms with van der Waals surface area (Å²) in [5, 5.41) is 20.4. The lowest BCUT2D eigenvalue weighted by molar-refractivity contribution is -0.384. The summed E-state index contributed by atoms with van der Waals surface area (Å²) in [6.45, 7) is 2.98. The van der Waals surface area contributed by atoms with E-state index in [1.54, 1.807) is 12.1 Å². The average molecular weight is 222 g/mol. The second-order valence-corrected chi connectivity index (χ2v) is 4.14. The molecule has 1 fully saturated rings. The zero-order chi connectivity index (χ0) is 11.7. The van der Waals surface area contributed by atoms with Gasteiger partial charge < -0.3 is 10.0 Å². The Bertz CT molecular complexity index is 420. The molecule has 1 aliphatic heterocycles. The van der Waals surface area contributed by atoms with Crippen molar-refractivity contribution in [2.24, 2.45) is 0 Å². The van der Waals surface area contributed by atoms with Gasteiger partial charge in [0.15, 0.2) is 0 Å². The van der Waals surface area contributed by atoms with Crippen molar-refractivity contribution < 1.29 is 10.0 Å². The highest BCUT2D eigenvalue weighted by Crippen LogP contribution is 2.31. The third kappa shape index (κ3) is 1.99. The fraction of sp³-hybridized carbons (Fsp3) is 0.455. The van der Waals surface area contributed by atoms with E-state index in [1.807, 2.05) is 17.9 Å². The van der Waals surface area contributed by atoms with Crippen molar-refractivity contribution in [3.05, 3.63) is 33.9 Å². The van der Waals surface area contributed by atoms with Crippen LogP contribution in [0.15, 0.2) is 18.2 Å². The Morgan fingerprint density at radius 2 is 2.31 bits per heavy atom. The van der Waals surface area contributed by atoms with Gasteiger partial charge in [-0.25, -0.2) is 0 Å². The molecule has 1 saturated heterocycles. The number of hydrogen-bond acceptors (Lipinski definition) is 4. The van der Waals surface area contributed by atoms with E-state index in [0.717, 1.165) is 5.56 Å². The van der Waals surface area contributed by atoms with Gasteiger partial charge >= 0.3 is 0 Å². The predicted molar refractivity (Wildman–Crippen MR) is 60.7 cm³/mol. The number of anilines is 1. The Kier molecular flexibility index (Phi) is 2.78. The molecule has 5 nitrogen and oxygen atoms in total. The number of benzene rings is 1. The number of β-amino-alcohol motifs (C(OH)–C–C–N with tert-alkyl or cyclic N) is 1. The molecule has 0 saturated carbocycles. The summed E-state index contributed by atoms with van der Waals surface area (Å²) in [6, 6.07) is 5.18. The fourth-order valence-electron chi connectivity index (χ4n) is 2.01. The van der Waals surface area contributed by atoms with Crippen LogP contribution in [0.4, 0.5) is 11.4 Å². The minimum atomic E-state index is -0.374. The zero-order valence-corrected chi connectivity index (χ0v) is 9.09. The Morgan fingerprint density at radius 1 is 1.56 bits per heavy atom. The van der Waals surface area contributed by atoms with Crippen molar-refractivity contribution in [3.63, 3.8) is 0 Å². The van der Waals surface area contributed by atoms with Crippen LogP contribution in [0.1, 0.15) is 12.0 Å². The molecule has 0 spiro atoms. The highest BCUT2D eigenvalue weighted by molar-refractivity contribution is 5.64. The van der Waals surface area contributed by atoms with E-state index in [1.165, 1.54) is 0 Å². The standard InChI is InChI=1S/C11H14N2O3/c1-8-2-3-10(11(6-8)13(15)16)12-5-4-9(14)7-12/h2-3,6,9,14H,4-5,7H2,1H3. The molecule has 0 amide bonds. The van der Waals surface area contributed by atoms with Crippen LogP contribution < -0.4 is 4.90 Å². The maximum atomic E-state index is 10.9. The molecule has 1 unspecified atom stereocenters. The zero-order valence-electron chi connectivity index (χ0n) is 9.09. The molecule has 0 aromatic heterocycles. The van der Waals surface area contributed by atoms with E-state index in [9.17, 15) is 15.2 Å². The van der Waals surface area contributed by atoms with Crippen LogP contribution in [0.25, 0.3) is 0 Å². The lowest BCUT2D eigenvalue weighted by Gasteiger charge is -2.17. The fourth-order valence-corrected chi connectivity index (χ4v) is 2.01. The molecular formula is C11H14N2O3. The SMILES string of the molecule is Cc1ccc(N2CCC(O)C2)c([N+](=O)[O-])c1. The quantitative estimate of drug-likeness (QED) is 0.608. The van der Waals surface area contributed by atoms with Gasteiger partial charge in [-0.1, -0.05) is 6.07 Å². The van der Waals surface area contributed by atoms with Crippen molar-refractivity contribution in [2.75, 3.05) is 18.0 Å². The molecule has 2 rings (SSSR count).